The summed E-state index contributed by atoms with van der Waals surface area (Å²) in [6.45, 7) is 16.2. The van der Waals surface area contributed by atoms with Crippen LogP contribution in [0.5, 0.6) is 0 Å². The fraction of sp³-hybridized carbons (Fsp3) is 1.00. The predicted octanol–water partition coefficient (Wildman–Crippen LogP) is 3.01. The normalized spacial score (nSPS) is 17.0. The van der Waals surface area contributed by atoms with Gasteiger partial charge < -0.3 is 4.90 Å². The average Bonchev–Trinajstić information content (AvgIpc) is 2.05. The van der Waals surface area contributed by atoms with Crippen molar-refractivity contribution in [1.82, 2.24) is 4.90 Å². The van der Waals surface area contributed by atoms with Crippen LogP contribution in [0.1, 0.15) is 41.5 Å². The molecule has 0 aromatic carbocycles. The molecule has 74 valence electrons. The highest BCUT2D eigenvalue weighted by Gasteiger charge is 2.19. The molecule has 0 rings (SSSR count). The maximum absolute atomic E-state index is 2.53. The van der Waals surface area contributed by atoms with E-state index in [4.69, 9.17) is 0 Å². The summed E-state index contributed by atoms with van der Waals surface area (Å²) in [5.74, 6) is 1.59. The summed E-state index contributed by atoms with van der Waals surface area (Å²) in [6, 6.07) is 0.722. The van der Waals surface area contributed by atoms with E-state index in [0.717, 1.165) is 17.9 Å². The second-order valence-electron chi connectivity index (χ2n) is 4.06. The minimum absolute atomic E-state index is 0.722. The van der Waals surface area contributed by atoms with E-state index in [-0.39, 0.29) is 0 Å². The van der Waals surface area contributed by atoms with E-state index < -0.39 is 0 Å². The molecule has 0 fully saturated rings. The zero-order chi connectivity index (χ0) is 9.72. The van der Waals surface area contributed by atoms with Crippen LogP contribution in [-0.2, 0) is 0 Å². The Kier molecular flexibility index (Phi) is 5.56. The van der Waals surface area contributed by atoms with Gasteiger partial charge in [0.1, 0.15) is 0 Å². The first-order valence-electron chi connectivity index (χ1n) is 5.28. The molecule has 2 atom stereocenters. The Bertz CT molecular complexity index is 104. The zero-order valence-electron chi connectivity index (χ0n) is 9.59. The molecule has 0 saturated carbocycles. The Morgan fingerprint density at radius 1 is 0.917 bits per heavy atom. The minimum atomic E-state index is 0.722. The van der Waals surface area contributed by atoms with Crippen LogP contribution in [-0.4, -0.2) is 24.0 Å². The minimum Gasteiger partial charge on any atom is -0.301 e. The molecule has 0 radical (unpaired) electrons. The SMILES string of the molecule is CCN(CC)[C@@H](C)[C@@H](C)C(C)C. The van der Waals surface area contributed by atoms with Crippen molar-refractivity contribution >= 4 is 0 Å². The van der Waals surface area contributed by atoms with Crippen molar-refractivity contribution in [2.75, 3.05) is 13.1 Å². The van der Waals surface area contributed by atoms with Crippen LogP contribution < -0.4 is 0 Å². The Balaban J connectivity index is 4.05. The summed E-state index contributed by atoms with van der Waals surface area (Å²) in [7, 11) is 0. The van der Waals surface area contributed by atoms with Gasteiger partial charge in [-0.25, -0.2) is 0 Å². The van der Waals surface area contributed by atoms with E-state index in [1.807, 2.05) is 0 Å². The molecule has 0 bridgehead atoms. The van der Waals surface area contributed by atoms with Crippen molar-refractivity contribution in [3.8, 4) is 0 Å². The molecule has 1 heteroatoms. The van der Waals surface area contributed by atoms with Crippen molar-refractivity contribution in [2.45, 2.75) is 47.6 Å². The molecule has 0 heterocycles. The molecule has 0 aliphatic rings. The van der Waals surface area contributed by atoms with Crippen molar-refractivity contribution < 1.29 is 0 Å². The predicted molar refractivity (Wildman–Crippen MR) is 56.4 cm³/mol. The van der Waals surface area contributed by atoms with Crippen molar-refractivity contribution in [3.05, 3.63) is 0 Å². The van der Waals surface area contributed by atoms with Crippen molar-refractivity contribution in [2.24, 2.45) is 11.8 Å². The summed E-state index contributed by atoms with van der Waals surface area (Å²) in [5, 5.41) is 0. The van der Waals surface area contributed by atoms with Gasteiger partial charge in [0.05, 0.1) is 0 Å². The summed E-state index contributed by atoms with van der Waals surface area (Å²) in [6.07, 6.45) is 0. The van der Waals surface area contributed by atoms with Crippen LogP contribution in [0.25, 0.3) is 0 Å². The van der Waals surface area contributed by atoms with Gasteiger partial charge in [0.15, 0.2) is 0 Å². The molecule has 0 spiro atoms. The van der Waals surface area contributed by atoms with E-state index >= 15 is 0 Å². The van der Waals surface area contributed by atoms with E-state index in [2.05, 4.69) is 46.4 Å². The second kappa shape index (κ2) is 5.58. The lowest BCUT2D eigenvalue weighted by atomic mass is 9.90. The van der Waals surface area contributed by atoms with E-state index in [0.29, 0.717) is 0 Å². The molecule has 0 aromatic rings. The van der Waals surface area contributed by atoms with Crippen LogP contribution in [0.3, 0.4) is 0 Å². The largest absolute Gasteiger partial charge is 0.301 e. The van der Waals surface area contributed by atoms with Crippen molar-refractivity contribution in [1.29, 1.82) is 0 Å². The van der Waals surface area contributed by atoms with Gasteiger partial charge in [-0.3, -0.25) is 0 Å². The van der Waals surface area contributed by atoms with Gasteiger partial charge in [0.25, 0.3) is 0 Å². The van der Waals surface area contributed by atoms with Gasteiger partial charge >= 0.3 is 0 Å². The number of hydrogen-bond acceptors (Lipinski definition) is 1. The fourth-order valence-electron chi connectivity index (χ4n) is 1.69. The van der Waals surface area contributed by atoms with Gasteiger partial charge in [0.2, 0.25) is 0 Å². The summed E-state index contributed by atoms with van der Waals surface area (Å²) in [5.41, 5.74) is 0. The molecular weight excluding hydrogens is 146 g/mol. The zero-order valence-corrected chi connectivity index (χ0v) is 9.59. The number of rotatable bonds is 5. The Morgan fingerprint density at radius 2 is 1.33 bits per heavy atom. The molecule has 0 N–H and O–H groups in total. The van der Waals surface area contributed by atoms with E-state index in [1.54, 1.807) is 0 Å². The summed E-state index contributed by atoms with van der Waals surface area (Å²) < 4.78 is 0. The monoisotopic (exact) mass is 171 g/mol. The molecule has 0 saturated heterocycles. The number of nitrogens with zero attached hydrogens (tertiary/aromatic N) is 1. The first-order valence-corrected chi connectivity index (χ1v) is 5.28. The quantitative estimate of drug-likeness (QED) is 0.614. The Labute approximate surface area is 78.1 Å². The fourth-order valence-corrected chi connectivity index (χ4v) is 1.69. The van der Waals surface area contributed by atoms with Crippen LogP contribution >= 0.6 is 0 Å². The topological polar surface area (TPSA) is 3.24 Å². The first-order chi connectivity index (χ1) is 5.54. The smallest absolute Gasteiger partial charge is 0.00947 e. The van der Waals surface area contributed by atoms with Crippen molar-refractivity contribution in [3.63, 3.8) is 0 Å². The van der Waals surface area contributed by atoms with Gasteiger partial charge in [-0.15, -0.1) is 0 Å². The highest BCUT2D eigenvalue weighted by atomic mass is 15.1. The molecule has 1 nitrogen and oxygen atoms in total. The van der Waals surface area contributed by atoms with Gasteiger partial charge in [-0.1, -0.05) is 34.6 Å². The average molecular weight is 171 g/mol. The van der Waals surface area contributed by atoms with Crippen LogP contribution in [0.4, 0.5) is 0 Å². The van der Waals surface area contributed by atoms with E-state index in [9.17, 15) is 0 Å². The molecule has 0 aliphatic heterocycles. The molecule has 12 heavy (non-hydrogen) atoms. The standard InChI is InChI=1S/C11H25N/c1-7-12(8-2)11(6)10(5)9(3)4/h9-11H,7-8H2,1-6H3/t10-,11-/m0/s1. The van der Waals surface area contributed by atoms with Crippen LogP contribution in [0, 0.1) is 11.8 Å². The van der Waals surface area contributed by atoms with Gasteiger partial charge in [0, 0.05) is 6.04 Å². The van der Waals surface area contributed by atoms with Crippen LogP contribution in [0.2, 0.25) is 0 Å². The lowest BCUT2D eigenvalue weighted by molar-refractivity contribution is 0.151. The highest BCUT2D eigenvalue weighted by Crippen LogP contribution is 2.18. The highest BCUT2D eigenvalue weighted by molar-refractivity contribution is 4.73. The van der Waals surface area contributed by atoms with Crippen LogP contribution in [0.15, 0.2) is 0 Å². The Morgan fingerprint density at radius 3 is 1.58 bits per heavy atom. The maximum Gasteiger partial charge on any atom is 0.00947 e. The third-order valence-corrected chi connectivity index (χ3v) is 3.20. The molecular formula is C11H25N. The van der Waals surface area contributed by atoms with Gasteiger partial charge in [-0.05, 0) is 31.8 Å². The summed E-state index contributed by atoms with van der Waals surface area (Å²) in [4.78, 5) is 2.53. The maximum atomic E-state index is 2.53. The lowest BCUT2D eigenvalue weighted by Gasteiger charge is -2.33. The third-order valence-electron chi connectivity index (χ3n) is 3.20. The first kappa shape index (κ1) is 12.0. The second-order valence-corrected chi connectivity index (χ2v) is 4.06. The molecule has 0 aliphatic carbocycles. The number of hydrogen-bond donors (Lipinski definition) is 0. The summed E-state index contributed by atoms with van der Waals surface area (Å²) >= 11 is 0. The van der Waals surface area contributed by atoms with E-state index in [1.165, 1.54) is 13.1 Å². The third kappa shape index (κ3) is 3.14. The van der Waals surface area contributed by atoms with Gasteiger partial charge in [-0.2, -0.15) is 0 Å². The Hall–Kier alpha value is -0.0400. The lowest BCUT2D eigenvalue weighted by Crippen LogP contribution is -2.39. The molecule has 0 unspecified atom stereocenters. The molecule has 0 aromatic heterocycles. The molecule has 0 amide bonds.